The maximum absolute atomic E-state index is 13.7. The van der Waals surface area contributed by atoms with E-state index in [0.29, 0.717) is 5.39 Å². The van der Waals surface area contributed by atoms with Crippen LogP contribution in [-0.2, 0) is 6.42 Å². The molecule has 144 valence electrons. The number of rotatable bonds is 5. The van der Waals surface area contributed by atoms with Gasteiger partial charge in [0.05, 0.1) is 0 Å². The van der Waals surface area contributed by atoms with Crippen molar-refractivity contribution in [1.82, 2.24) is 0 Å². The fraction of sp³-hybridized carbons (Fsp3) is 0.375. The molecule has 2 aromatic carbocycles. The molecule has 0 aliphatic heterocycles. The molecule has 0 bridgehead atoms. The zero-order valence-electron chi connectivity index (χ0n) is 12.7. The van der Waals surface area contributed by atoms with E-state index >= 15 is 0 Å². The number of benzene rings is 2. The Hall–Kier alpha value is -1.97. The van der Waals surface area contributed by atoms with Crippen LogP contribution in [0, 0.1) is 0 Å². The van der Waals surface area contributed by atoms with Gasteiger partial charge in [-0.25, -0.2) is 0 Å². The molecule has 0 fully saturated rings. The average Bonchev–Trinajstić information content (AvgIpc) is 2.53. The topological polar surface area (TPSA) is 20.2 Å². The fourth-order valence-corrected chi connectivity index (χ4v) is 2.40. The van der Waals surface area contributed by atoms with Crippen molar-refractivity contribution in [1.29, 1.82) is 0 Å². The minimum Gasteiger partial charge on any atom is -0.386 e. The first-order valence-corrected chi connectivity index (χ1v) is 7.08. The van der Waals surface area contributed by atoms with Crippen LogP contribution < -0.4 is 0 Å². The van der Waals surface area contributed by atoms with Crippen LogP contribution in [0.3, 0.4) is 0 Å². The molecule has 0 amide bonds. The molecule has 1 atom stereocenters. The van der Waals surface area contributed by atoms with E-state index in [1.54, 1.807) is 6.07 Å². The molecule has 0 heterocycles. The molecule has 0 aliphatic carbocycles. The largest absolute Gasteiger partial charge is 0.460 e. The van der Waals surface area contributed by atoms with Crippen LogP contribution in [0.25, 0.3) is 10.8 Å². The lowest BCUT2D eigenvalue weighted by atomic mass is 9.92. The van der Waals surface area contributed by atoms with Gasteiger partial charge in [-0.15, -0.1) is 0 Å². The van der Waals surface area contributed by atoms with Crippen molar-refractivity contribution in [2.45, 2.75) is 36.5 Å². The molecule has 26 heavy (non-hydrogen) atoms. The van der Waals surface area contributed by atoms with E-state index in [4.69, 9.17) is 0 Å². The van der Waals surface area contributed by atoms with Gasteiger partial charge in [0.15, 0.2) is 0 Å². The summed E-state index contributed by atoms with van der Waals surface area (Å²) < 4.78 is 116. The number of aliphatic hydroxyl groups is 1. The fourth-order valence-electron chi connectivity index (χ4n) is 2.40. The SMILES string of the molecule is OC(Cc1cccc2ccccc12)C(F)(F)C(F)(F)C(F)(F)C(F)(F)F. The third-order valence-electron chi connectivity index (χ3n) is 3.88. The number of hydrogen-bond donors (Lipinski definition) is 1. The summed E-state index contributed by atoms with van der Waals surface area (Å²) in [6.07, 6.45) is -11.6. The monoisotopic (exact) mass is 390 g/mol. The first-order valence-electron chi connectivity index (χ1n) is 7.08. The highest BCUT2D eigenvalue weighted by molar-refractivity contribution is 5.85. The Morgan fingerprint density at radius 2 is 1.27 bits per heavy atom. The van der Waals surface area contributed by atoms with E-state index in [1.807, 2.05) is 0 Å². The van der Waals surface area contributed by atoms with Gasteiger partial charge in [-0.05, 0) is 16.3 Å². The Kier molecular flexibility index (Phi) is 4.95. The van der Waals surface area contributed by atoms with Crippen molar-refractivity contribution in [2.24, 2.45) is 0 Å². The molecule has 0 saturated heterocycles. The lowest BCUT2D eigenvalue weighted by Crippen LogP contribution is -2.64. The summed E-state index contributed by atoms with van der Waals surface area (Å²) in [7, 11) is 0. The predicted molar refractivity (Wildman–Crippen MR) is 74.6 cm³/mol. The highest BCUT2D eigenvalue weighted by atomic mass is 19.4. The molecule has 0 radical (unpaired) electrons. The molecule has 2 rings (SSSR count). The molecule has 0 spiro atoms. The van der Waals surface area contributed by atoms with Crippen LogP contribution in [0.1, 0.15) is 5.56 Å². The van der Waals surface area contributed by atoms with Crippen molar-refractivity contribution in [3.63, 3.8) is 0 Å². The van der Waals surface area contributed by atoms with E-state index in [9.17, 15) is 44.6 Å². The van der Waals surface area contributed by atoms with Crippen LogP contribution in [0.15, 0.2) is 42.5 Å². The molecular weight excluding hydrogens is 379 g/mol. The van der Waals surface area contributed by atoms with Gasteiger partial charge in [-0.2, -0.15) is 39.5 Å². The Morgan fingerprint density at radius 1 is 0.731 bits per heavy atom. The molecule has 10 heteroatoms. The van der Waals surface area contributed by atoms with Crippen LogP contribution in [0.4, 0.5) is 39.5 Å². The smallest absolute Gasteiger partial charge is 0.386 e. The van der Waals surface area contributed by atoms with Crippen molar-refractivity contribution in [2.75, 3.05) is 0 Å². The molecule has 2 aromatic rings. The Morgan fingerprint density at radius 3 is 1.85 bits per heavy atom. The van der Waals surface area contributed by atoms with Crippen LogP contribution >= 0.6 is 0 Å². The number of fused-ring (bicyclic) bond motifs is 1. The van der Waals surface area contributed by atoms with Gasteiger partial charge in [-0.3, -0.25) is 0 Å². The lowest BCUT2D eigenvalue weighted by molar-refractivity contribution is -0.405. The maximum atomic E-state index is 13.7. The van der Waals surface area contributed by atoms with Gasteiger partial charge in [0.25, 0.3) is 0 Å². The van der Waals surface area contributed by atoms with Crippen molar-refractivity contribution >= 4 is 10.8 Å². The third kappa shape index (κ3) is 3.10. The summed E-state index contributed by atoms with van der Waals surface area (Å²) >= 11 is 0. The number of aliphatic hydroxyl groups excluding tert-OH is 1. The van der Waals surface area contributed by atoms with Gasteiger partial charge in [-0.1, -0.05) is 42.5 Å². The second-order valence-corrected chi connectivity index (χ2v) is 5.63. The summed E-state index contributed by atoms with van der Waals surface area (Å²) in [5, 5.41) is 10.2. The summed E-state index contributed by atoms with van der Waals surface area (Å²) in [4.78, 5) is 0. The van der Waals surface area contributed by atoms with Crippen LogP contribution in [0.5, 0.6) is 0 Å². The van der Waals surface area contributed by atoms with Gasteiger partial charge in [0.2, 0.25) is 0 Å². The first kappa shape index (κ1) is 20.3. The molecule has 1 N–H and O–H groups in total. The minimum atomic E-state index is -7.02. The average molecular weight is 390 g/mol. The van der Waals surface area contributed by atoms with Crippen molar-refractivity contribution in [3.05, 3.63) is 48.0 Å². The second kappa shape index (κ2) is 6.33. The quantitative estimate of drug-likeness (QED) is 0.695. The number of alkyl halides is 9. The highest BCUT2D eigenvalue weighted by Gasteiger charge is 2.82. The predicted octanol–water partition coefficient (Wildman–Crippen LogP) is 5.21. The summed E-state index contributed by atoms with van der Waals surface area (Å²) in [5.41, 5.74) is -0.110. The maximum Gasteiger partial charge on any atom is 0.460 e. The van der Waals surface area contributed by atoms with Crippen LogP contribution in [0.2, 0.25) is 0 Å². The normalized spacial score (nSPS) is 15.3. The standard InChI is InChI=1S/C16H11F9O/c17-13(18,14(19,20)15(21,22)16(23,24)25)12(26)8-10-6-3-5-9-4-1-2-7-11(9)10/h1-7,12,26H,8H2. The van der Waals surface area contributed by atoms with Gasteiger partial charge in [0.1, 0.15) is 6.10 Å². The molecule has 1 nitrogen and oxygen atoms in total. The lowest BCUT2D eigenvalue weighted by Gasteiger charge is -2.36. The van der Waals surface area contributed by atoms with Gasteiger partial charge in [0, 0.05) is 6.42 Å². The van der Waals surface area contributed by atoms with E-state index in [0.717, 1.165) is 0 Å². The zero-order valence-corrected chi connectivity index (χ0v) is 12.7. The third-order valence-corrected chi connectivity index (χ3v) is 3.88. The Labute approximate surface area is 141 Å². The summed E-state index contributed by atoms with van der Waals surface area (Å²) in [5.74, 6) is -19.9. The zero-order chi connectivity index (χ0) is 20.0. The van der Waals surface area contributed by atoms with E-state index in [2.05, 4.69) is 0 Å². The molecular formula is C16H11F9O. The molecule has 0 aliphatic rings. The van der Waals surface area contributed by atoms with E-state index in [1.165, 1.54) is 36.4 Å². The molecule has 1 unspecified atom stereocenters. The Balaban J connectivity index is 2.39. The van der Waals surface area contributed by atoms with E-state index in [-0.39, 0.29) is 10.9 Å². The summed E-state index contributed by atoms with van der Waals surface area (Å²) in [6, 6.07) is 10.0. The molecule has 0 saturated carbocycles. The number of halogens is 9. The molecule has 0 aromatic heterocycles. The van der Waals surface area contributed by atoms with Gasteiger partial charge < -0.3 is 5.11 Å². The van der Waals surface area contributed by atoms with Crippen LogP contribution in [-0.4, -0.2) is 35.2 Å². The highest BCUT2D eigenvalue weighted by Crippen LogP contribution is 2.54. The van der Waals surface area contributed by atoms with Crippen molar-refractivity contribution in [3.8, 4) is 0 Å². The second-order valence-electron chi connectivity index (χ2n) is 5.63. The summed E-state index contributed by atoms with van der Waals surface area (Å²) in [6.45, 7) is 0. The van der Waals surface area contributed by atoms with E-state index < -0.39 is 36.5 Å². The van der Waals surface area contributed by atoms with Crippen molar-refractivity contribution < 1.29 is 44.6 Å². The van der Waals surface area contributed by atoms with Gasteiger partial charge >= 0.3 is 23.9 Å². The minimum absolute atomic E-state index is 0.110. The Bertz CT molecular complexity index is 777. The number of hydrogen-bond acceptors (Lipinski definition) is 1. The first-order chi connectivity index (χ1) is 11.7.